The van der Waals surface area contributed by atoms with Crippen LogP contribution >= 0.6 is 0 Å². The number of fused-ring (bicyclic) bond motifs is 1. The van der Waals surface area contributed by atoms with E-state index < -0.39 is 5.41 Å². The number of carbonyl (C=O) groups excluding carboxylic acids is 2. The first-order valence-electron chi connectivity index (χ1n) is 8.23. The Balaban J connectivity index is 1.87. The standard InChI is InChI=1S/C20H20FN3O2/c1-12(25)23-14-5-4-6-15(10-14)24-19(26)20(2,3)17-11-22-18-9-13(21)7-8-16(17)18/h4-11,22H,1-3H3,(H,23,25)(H,24,26). The third-order valence-electron chi connectivity index (χ3n) is 4.33. The molecule has 0 atom stereocenters. The van der Waals surface area contributed by atoms with Gasteiger partial charge in [0.25, 0.3) is 0 Å². The van der Waals surface area contributed by atoms with Gasteiger partial charge in [0.15, 0.2) is 0 Å². The summed E-state index contributed by atoms with van der Waals surface area (Å²) in [5.74, 6) is -0.717. The van der Waals surface area contributed by atoms with Gasteiger partial charge in [0.2, 0.25) is 11.8 Å². The molecule has 0 aliphatic rings. The second-order valence-electron chi connectivity index (χ2n) is 6.73. The minimum Gasteiger partial charge on any atom is -0.361 e. The Morgan fingerprint density at radius 3 is 2.42 bits per heavy atom. The van der Waals surface area contributed by atoms with E-state index in [0.717, 1.165) is 10.9 Å². The Labute approximate surface area is 150 Å². The zero-order valence-electron chi connectivity index (χ0n) is 14.8. The molecule has 3 aromatic rings. The molecule has 1 aromatic heterocycles. The Bertz CT molecular complexity index is 992. The maximum Gasteiger partial charge on any atom is 0.234 e. The lowest BCUT2D eigenvalue weighted by Crippen LogP contribution is -2.34. The minimum absolute atomic E-state index is 0.181. The summed E-state index contributed by atoms with van der Waals surface area (Å²) in [5, 5.41) is 6.37. The fourth-order valence-corrected chi connectivity index (χ4v) is 2.90. The monoisotopic (exact) mass is 353 g/mol. The molecule has 0 spiro atoms. The van der Waals surface area contributed by atoms with Crippen molar-refractivity contribution in [1.29, 1.82) is 0 Å². The number of carbonyl (C=O) groups is 2. The summed E-state index contributed by atoms with van der Waals surface area (Å²) in [6.45, 7) is 5.05. The summed E-state index contributed by atoms with van der Waals surface area (Å²) >= 11 is 0. The van der Waals surface area contributed by atoms with Gasteiger partial charge in [0, 0.05) is 35.4 Å². The van der Waals surface area contributed by atoms with Crippen molar-refractivity contribution in [3.63, 3.8) is 0 Å². The summed E-state index contributed by atoms with van der Waals surface area (Å²) in [5.41, 5.74) is 1.77. The number of nitrogens with one attached hydrogen (secondary N) is 3. The SMILES string of the molecule is CC(=O)Nc1cccc(NC(=O)C(C)(C)c2c[nH]c3cc(F)ccc23)c1. The van der Waals surface area contributed by atoms with Gasteiger partial charge in [-0.2, -0.15) is 0 Å². The first-order valence-corrected chi connectivity index (χ1v) is 8.23. The lowest BCUT2D eigenvalue weighted by molar-refractivity contribution is -0.120. The smallest absolute Gasteiger partial charge is 0.234 e. The number of benzene rings is 2. The minimum atomic E-state index is -0.847. The zero-order valence-corrected chi connectivity index (χ0v) is 14.8. The van der Waals surface area contributed by atoms with Gasteiger partial charge in [-0.15, -0.1) is 0 Å². The van der Waals surface area contributed by atoms with Crippen LogP contribution in [-0.2, 0) is 15.0 Å². The third kappa shape index (κ3) is 3.44. The second-order valence-corrected chi connectivity index (χ2v) is 6.73. The van der Waals surface area contributed by atoms with Crippen molar-refractivity contribution in [2.24, 2.45) is 0 Å². The Kier molecular flexibility index (Phi) is 4.50. The average molecular weight is 353 g/mol. The van der Waals surface area contributed by atoms with E-state index >= 15 is 0 Å². The predicted octanol–water partition coefficient (Wildman–Crippen LogP) is 4.18. The molecule has 0 radical (unpaired) electrons. The molecule has 5 nitrogen and oxygen atoms in total. The van der Waals surface area contributed by atoms with E-state index in [2.05, 4.69) is 15.6 Å². The van der Waals surface area contributed by atoms with Gasteiger partial charge < -0.3 is 15.6 Å². The van der Waals surface area contributed by atoms with Crippen LogP contribution in [0.1, 0.15) is 26.3 Å². The van der Waals surface area contributed by atoms with Crippen LogP contribution in [0.15, 0.2) is 48.7 Å². The predicted molar refractivity (Wildman–Crippen MR) is 101 cm³/mol. The van der Waals surface area contributed by atoms with Crippen LogP contribution in [0.4, 0.5) is 15.8 Å². The summed E-state index contributed by atoms with van der Waals surface area (Å²) < 4.78 is 13.4. The topological polar surface area (TPSA) is 74.0 Å². The summed E-state index contributed by atoms with van der Waals surface area (Å²) in [4.78, 5) is 27.1. The van der Waals surface area contributed by atoms with Gasteiger partial charge in [-0.05, 0) is 55.8 Å². The maximum atomic E-state index is 13.4. The third-order valence-corrected chi connectivity index (χ3v) is 4.33. The van der Waals surface area contributed by atoms with Crippen molar-refractivity contribution in [3.05, 3.63) is 60.0 Å². The first kappa shape index (κ1) is 17.7. The second kappa shape index (κ2) is 6.63. The van der Waals surface area contributed by atoms with Gasteiger partial charge in [0.05, 0.1) is 5.41 Å². The normalized spacial score (nSPS) is 11.4. The molecule has 0 saturated heterocycles. The number of halogens is 1. The Hall–Kier alpha value is -3.15. The van der Waals surface area contributed by atoms with Crippen LogP contribution in [0.2, 0.25) is 0 Å². The number of H-pyrrole nitrogens is 1. The zero-order chi connectivity index (χ0) is 18.9. The van der Waals surface area contributed by atoms with Crippen molar-refractivity contribution in [2.45, 2.75) is 26.2 Å². The number of aromatic amines is 1. The molecule has 2 amide bonds. The molecule has 1 heterocycles. The van der Waals surface area contributed by atoms with E-state index in [1.807, 2.05) is 13.8 Å². The summed E-state index contributed by atoms with van der Waals surface area (Å²) in [6, 6.07) is 11.4. The largest absolute Gasteiger partial charge is 0.361 e. The fraction of sp³-hybridized carbons (Fsp3) is 0.200. The van der Waals surface area contributed by atoms with Crippen LogP contribution in [-0.4, -0.2) is 16.8 Å². The van der Waals surface area contributed by atoms with Crippen molar-refractivity contribution in [3.8, 4) is 0 Å². The Morgan fingerprint density at radius 1 is 1.04 bits per heavy atom. The van der Waals surface area contributed by atoms with Crippen molar-refractivity contribution in [1.82, 2.24) is 4.98 Å². The van der Waals surface area contributed by atoms with Crippen LogP contribution in [0.3, 0.4) is 0 Å². The molecule has 3 rings (SSSR count). The molecule has 0 aliphatic heterocycles. The average Bonchev–Trinajstić information content (AvgIpc) is 2.98. The molecule has 3 N–H and O–H groups in total. The molecule has 0 unspecified atom stereocenters. The van der Waals surface area contributed by atoms with Crippen molar-refractivity contribution >= 4 is 34.1 Å². The molecule has 26 heavy (non-hydrogen) atoms. The number of hydrogen-bond donors (Lipinski definition) is 3. The highest BCUT2D eigenvalue weighted by Gasteiger charge is 2.32. The molecular weight excluding hydrogens is 333 g/mol. The van der Waals surface area contributed by atoms with E-state index in [-0.39, 0.29) is 17.6 Å². The highest BCUT2D eigenvalue weighted by Crippen LogP contribution is 2.32. The van der Waals surface area contributed by atoms with E-state index in [1.165, 1.54) is 19.1 Å². The number of anilines is 2. The first-order chi connectivity index (χ1) is 12.3. The van der Waals surface area contributed by atoms with Gasteiger partial charge in [-0.3, -0.25) is 9.59 Å². The van der Waals surface area contributed by atoms with Crippen LogP contribution < -0.4 is 10.6 Å². The molecule has 6 heteroatoms. The van der Waals surface area contributed by atoms with Gasteiger partial charge in [0.1, 0.15) is 5.82 Å². The molecule has 134 valence electrons. The van der Waals surface area contributed by atoms with Crippen LogP contribution in [0, 0.1) is 5.82 Å². The number of aromatic nitrogens is 1. The lowest BCUT2D eigenvalue weighted by atomic mass is 9.83. The lowest BCUT2D eigenvalue weighted by Gasteiger charge is -2.23. The molecular formula is C20H20FN3O2. The van der Waals surface area contributed by atoms with E-state index in [1.54, 1.807) is 36.5 Å². The Morgan fingerprint density at radius 2 is 1.73 bits per heavy atom. The quantitative estimate of drug-likeness (QED) is 0.658. The molecule has 0 fully saturated rings. The molecule has 0 aliphatic carbocycles. The summed E-state index contributed by atoms with van der Waals surface area (Å²) in [7, 11) is 0. The highest BCUT2D eigenvalue weighted by atomic mass is 19.1. The number of rotatable bonds is 4. The van der Waals surface area contributed by atoms with Crippen LogP contribution in [0.25, 0.3) is 10.9 Å². The van der Waals surface area contributed by atoms with E-state index in [0.29, 0.717) is 16.9 Å². The van der Waals surface area contributed by atoms with Crippen molar-refractivity contribution < 1.29 is 14.0 Å². The maximum absolute atomic E-state index is 13.4. The molecule has 0 bridgehead atoms. The number of hydrogen-bond acceptors (Lipinski definition) is 2. The summed E-state index contributed by atoms with van der Waals surface area (Å²) in [6.07, 6.45) is 1.73. The molecule has 0 saturated carbocycles. The van der Waals surface area contributed by atoms with Gasteiger partial charge in [-0.1, -0.05) is 6.07 Å². The van der Waals surface area contributed by atoms with Crippen LogP contribution in [0.5, 0.6) is 0 Å². The highest BCUT2D eigenvalue weighted by molar-refractivity contribution is 6.02. The van der Waals surface area contributed by atoms with Gasteiger partial charge in [-0.25, -0.2) is 4.39 Å². The molecule has 2 aromatic carbocycles. The van der Waals surface area contributed by atoms with E-state index in [4.69, 9.17) is 0 Å². The number of amides is 2. The van der Waals surface area contributed by atoms with Gasteiger partial charge >= 0.3 is 0 Å². The van der Waals surface area contributed by atoms with E-state index in [9.17, 15) is 14.0 Å². The van der Waals surface area contributed by atoms with Crippen molar-refractivity contribution in [2.75, 3.05) is 10.6 Å². The fourth-order valence-electron chi connectivity index (χ4n) is 2.90.